The Bertz CT molecular complexity index is 506. The first kappa shape index (κ1) is 14.3. The molecule has 0 radical (unpaired) electrons. The summed E-state index contributed by atoms with van der Waals surface area (Å²) < 4.78 is 3.22. The number of nitrogens with one attached hydrogen (secondary N) is 1. The molecule has 3 nitrogen and oxygen atoms in total. The third-order valence-corrected chi connectivity index (χ3v) is 3.65. The van der Waals surface area contributed by atoms with Gasteiger partial charge in [0.2, 0.25) is 0 Å². The molecule has 0 atom stereocenters. The van der Waals surface area contributed by atoms with Gasteiger partial charge in [0, 0.05) is 30.0 Å². The SMILES string of the molecule is CC(C)CNCc1ccc(Cn2ccnc2)c(Br)c1. The zero-order valence-corrected chi connectivity index (χ0v) is 13.0. The fourth-order valence-corrected chi connectivity index (χ4v) is 2.46. The van der Waals surface area contributed by atoms with E-state index in [-0.39, 0.29) is 0 Å². The largest absolute Gasteiger partial charge is 0.333 e. The normalized spacial score (nSPS) is 11.2. The molecule has 0 saturated carbocycles. The van der Waals surface area contributed by atoms with E-state index < -0.39 is 0 Å². The number of imidazole rings is 1. The van der Waals surface area contributed by atoms with Crippen LogP contribution in [0, 0.1) is 5.92 Å². The van der Waals surface area contributed by atoms with Crippen molar-refractivity contribution >= 4 is 15.9 Å². The van der Waals surface area contributed by atoms with Crippen LogP contribution in [-0.4, -0.2) is 16.1 Å². The second kappa shape index (κ2) is 6.87. The third-order valence-electron chi connectivity index (χ3n) is 2.91. The van der Waals surface area contributed by atoms with Gasteiger partial charge in [0.25, 0.3) is 0 Å². The predicted octanol–water partition coefficient (Wildman–Crippen LogP) is 3.44. The van der Waals surface area contributed by atoms with Crippen molar-refractivity contribution < 1.29 is 0 Å². The molecule has 1 N–H and O–H groups in total. The van der Waals surface area contributed by atoms with E-state index in [1.807, 2.05) is 12.5 Å². The smallest absolute Gasteiger partial charge is 0.0949 e. The number of hydrogen-bond donors (Lipinski definition) is 1. The minimum atomic E-state index is 0.684. The van der Waals surface area contributed by atoms with Crippen LogP contribution in [0.4, 0.5) is 0 Å². The fraction of sp³-hybridized carbons (Fsp3) is 0.400. The topological polar surface area (TPSA) is 29.9 Å². The van der Waals surface area contributed by atoms with Crippen molar-refractivity contribution in [1.82, 2.24) is 14.9 Å². The van der Waals surface area contributed by atoms with Gasteiger partial charge >= 0.3 is 0 Å². The Hall–Kier alpha value is -1.13. The molecule has 19 heavy (non-hydrogen) atoms. The van der Waals surface area contributed by atoms with Gasteiger partial charge in [-0.1, -0.05) is 41.9 Å². The zero-order valence-electron chi connectivity index (χ0n) is 11.4. The molecular weight excluding hydrogens is 302 g/mol. The van der Waals surface area contributed by atoms with Crippen LogP contribution < -0.4 is 5.32 Å². The summed E-state index contributed by atoms with van der Waals surface area (Å²) in [5.74, 6) is 0.684. The molecule has 2 rings (SSSR count). The van der Waals surface area contributed by atoms with Crippen LogP contribution in [0.2, 0.25) is 0 Å². The summed E-state index contributed by atoms with van der Waals surface area (Å²) in [5, 5.41) is 3.46. The summed E-state index contributed by atoms with van der Waals surface area (Å²) >= 11 is 3.65. The molecule has 0 unspecified atom stereocenters. The van der Waals surface area contributed by atoms with Crippen LogP contribution in [0.1, 0.15) is 25.0 Å². The van der Waals surface area contributed by atoms with Crippen molar-refractivity contribution in [3.05, 3.63) is 52.5 Å². The van der Waals surface area contributed by atoms with E-state index >= 15 is 0 Å². The molecule has 0 saturated heterocycles. The number of rotatable bonds is 6. The Kier molecular flexibility index (Phi) is 5.16. The Balaban J connectivity index is 1.97. The molecule has 0 fully saturated rings. The van der Waals surface area contributed by atoms with Gasteiger partial charge < -0.3 is 9.88 Å². The van der Waals surface area contributed by atoms with E-state index in [4.69, 9.17) is 0 Å². The van der Waals surface area contributed by atoms with Crippen molar-refractivity contribution in [1.29, 1.82) is 0 Å². The Morgan fingerprint density at radius 1 is 1.37 bits per heavy atom. The summed E-state index contributed by atoms with van der Waals surface area (Å²) in [7, 11) is 0. The van der Waals surface area contributed by atoms with Crippen LogP contribution >= 0.6 is 15.9 Å². The van der Waals surface area contributed by atoms with Crippen molar-refractivity contribution in [3.8, 4) is 0 Å². The number of benzene rings is 1. The predicted molar refractivity (Wildman–Crippen MR) is 82.0 cm³/mol. The third kappa shape index (κ3) is 4.48. The highest BCUT2D eigenvalue weighted by atomic mass is 79.9. The number of halogens is 1. The minimum absolute atomic E-state index is 0.684. The van der Waals surface area contributed by atoms with Crippen LogP contribution in [0.5, 0.6) is 0 Å². The highest BCUT2D eigenvalue weighted by Gasteiger charge is 2.03. The van der Waals surface area contributed by atoms with Crippen molar-refractivity contribution in [2.45, 2.75) is 26.9 Å². The molecule has 0 aliphatic carbocycles. The molecule has 1 heterocycles. The minimum Gasteiger partial charge on any atom is -0.333 e. The van der Waals surface area contributed by atoms with Gasteiger partial charge in [-0.3, -0.25) is 0 Å². The Morgan fingerprint density at radius 2 is 2.21 bits per heavy atom. The van der Waals surface area contributed by atoms with Crippen LogP contribution in [0.15, 0.2) is 41.4 Å². The quantitative estimate of drug-likeness (QED) is 0.883. The lowest BCUT2D eigenvalue weighted by Crippen LogP contribution is -2.18. The van der Waals surface area contributed by atoms with E-state index in [2.05, 4.69) is 62.8 Å². The van der Waals surface area contributed by atoms with Gasteiger partial charge in [-0.25, -0.2) is 4.98 Å². The molecular formula is C15H20BrN3. The molecule has 0 spiro atoms. The number of aromatic nitrogens is 2. The van der Waals surface area contributed by atoms with Gasteiger partial charge in [-0.2, -0.15) is 0 Å². The van der Waals surface area contributed by atoms with Gasteiger partial charge in [0.05, 0.1) is 6.33 Å². The molecule has 1 aromatic heterocycles. The summed E-state index contributed by atoms with van der Waals surface area (Å²) in [6.45, 7) is 7.26. The molecule has 2 aromatic rings. The monoisotopic (exact) mass is 321 g/mol. The van der Waals surface area contributed by atoms with Crippen molar-refractivity contribution in [2.24, 2.45) is 5.92 Å². The summed E-state index contributed by atoms with van der Waals surface area (Å²) in [6, 6.07) is 6.56. The van der Waals surface area contributed by atoms with Gasteiger partial charge in [-0.15, -0.1) is 0 Å². The van der Waals surface area contributed by atoms with E-state index in [1.165, 1.54) is 11.1 Å². The molecule has 1 aromatic carbocycles. The molecule has 0 aliphatic rings. The van der Waals surface area contributed by atoms with E-state index in [9.17, 15) is 0 Å². The second-order valence-corrected chi connectivity index (χ2v) is 6.04. The highest BCUT2D eigenvalue weighted by Crippen LogP contribution is 2.19. The number of nitrogens with zero attached hydrogens (tertiary/aromatic N) is 2. The van der Waals surface area contributed by atoms with Gasteiger partial charge in [-0.05, 0) is 29.7 Å². The van der Waals surface area contributed by atoms with Gasteiger partial charge in [0.1, 0.15) is 0 Å². The molecule has 0 aliphatic heterocycles. The molecule has 0 amide bonds. The van der Waals surface area contributed by atoms with Crippen LogP contribution in [-0.2, 0) is 13.1 Å². The maximum atomic E-state index is 4.06. The summed E-state index contributed by atoms with van der Waals surface area (Å²) in [6.07, 6.45) is 5.62. The van der Waals surface area contributed by atoms with Crippen molar-refractivity contribution in [3.63, 3.8) is 0 Å². The summed E-state index contributed by atoms with van der Waals surface area (Å²) in [4.78, 5) is 4.06. The van der Waals surface area contributed by atoms with Crippen LogP contribution in [0.3, 0.4) is 0 Å². The highest BCUT2D eigenvalue weighted by molar-refractivity contribution is 9.10. The fourth-order valence-electron chi connectivity index (χ4n) is 1.91. The zero-order chi connectivity index (χ0) is 13.7. The maximum absolute atomic E-state index is 4.06. The van der Waals surface area contributed by atoms with E-state index in [1.54, 1.807) is 6.20 Å². The van der Waals surface area contributed by atoms with Crippen molar-refractivity contribution in [2.75, 3.05) is 6.54 Å². The lowest BCUT2D eigenvalue weighted by Gasteiger charge is -2.10. The lowest BCUT2D eigenvalue weighted by atomic mass is 10.1. The first-order chi connectivity index (χ1) is 9.15. The molecule has 4 heteroatoms. The van der Waals surface area contributed by atoms with Crippen LogP contribution in [0.25, 0.3) is 0 Å². The standard InChI is InChI=1S/C15H20BrN3/c1-12(2)8-18-9-13-3-4-14(15(16)7-13)10-19-6-5-17-11-19/h3-7,11-12,18H,8-10H2,1-2H3. The average molecular weight is 322 g/mol. The second-order valence-electron chi connectivity index (χ2n) is 5.19. The first-order valence-electron chi connectivity index (χ1n) is 6.59. The van der Waals surface area contributed by atoms with Gasteiger partial charge in [0.15, 0.2) is 0 Å². The Labute approximate surface area is 123 Å². The van der Waals surface area contributed by atoms with E-state index in [0.717, 1.165) is 24.1 Å². The maximum Gasteiger partial charge on any atom is 0.0949 e. The molecule has 102 valence electrons. The first-order valence-corrected chi connectivity index (χ1v) is 7.38. The average Bonchev–Trinajstić information content (AvgIpc) is 2.85. The number of hydrogen-bond acceptors (Lipinski definition) is 2. The lowest BCUT2D eigenvalue weighted by molar-refractivity contribution is 0.552. The Morgan fingerprint density at radius 3 is 2.84 bits per heavy atom. The van der Waals surface area contributed by atoms with E-state index in [0.29, 0.717) is 5.92 Å². The molecule has 0 bridgehead atoms. The summed E-state index contributed by atoms with van der Waals surface area (Å²) in [5.41, 5.74) is 2.58.